The molecule has 2 bridgehead atoms. The van der Waals surface area contributed by atoms with Gasteiger partial charge in [0.25, 0.3) is 0 Å². The number of ether oxygens (including phenoxy) is 1. The molecule has 5 rings (SSSR count). The fourth-order valence-corrected chi connectivity index (χ4v) is 6.07. The van der Waals surface area contributed by atoms with Crippen LogP contribution in [-0.2, 0) is 21.0 Å². The molecule has 35 heavy (non-hydrogen) atoms. The Hall–Kier alpha value is -2.81. The van der Waals surface area contributed by atoms with Crippen molar-refractivity contribution < 1.29 is 24.0 Å². The number of nitrogens with one attached hydrogen (secondary N) is 2. The number of nitrogens with zero attached hydrogens (tertiary/aromatic N) is 2. The normalized spacial score (nSPS) is 31.6. The highest BCUT2D eigenvalue weighted by atomic mass is 16.7. The minimum atomic E-state index is -0.502. The van der Waals surface area contributed by atoms with Crippen LogP contribution in [0.1, 0.15) is 64.9 Å². The molecule has 1 aromatic carbocycles. The van der Waals surface area contributed by atoms with Crippen LogP contribution in [0.5, 0.6) is 0 Å². The van der Waals surface area contributed by atoms with Crippen molar-refractivity contribution in [3.8, 4) is 0 Å². The number of fused-ring (bicyclic) bond motifs is 2. The number of carbonyl (C=O) groups is 3. The van der Waals surface area contributed by atoms with E-state index in [0.29, 0.717) is 19.6 Å². The standard InChI is InChI=1S/C26H36N4O5/c1-25(2,3)35-23(32)28-19-13-26(14-19)11-18(12-26)27-22(31)21-10-9-20-15-29(21)24(33)30(20)34-16-17-7-5-4-6-8-17/h4-8,18-21H,9-16H2,1-3H3,(H,27,31)(H,28,32)/t18?,19?,20-,21+,26?/m1/s1. The molecule has 9 nitrogen and oxygen atoms in total. The number of benzene rings is 1. The van der Waals surface area contributed by atoms with Gasteiger partial charge in [-0.3, -0.25) is 9.63 Å². The maximum Gasteiger partial charge on any atom is 0.407 e. The Morgan fingerprint density at radius 3 is 2.34 bits per heavy atom. The molecular weight excluding hydrogens is 448 g/mol. The maximum absolute atomic E-state index is 13.0. The van der Waals surface area contributed by atoms with Gasteiger partial charge in [-0.05, 0) is 70.3 Å². The minimum Gasteiger partial charge on any atom is -0.444 e. The first-order valence-electron chi connectivity index (χ1n) is 12.7. The number of carbonyl (C=O) groups excluding carboxylic acids is 3. The number of hydroxylamine groups is 2. The summed E-state index contributed by atoms with van der Waals surface area (Å²) in [6.45, 7) is 6.42. The summed E-state index contributed by atoms with van der Waals surface area (Å²) in [5.41, 5.74) is 0.712. The second kappa shape index (κ2) is 9.00. The Bertz CT molecular complexity index is 964. The van der Waals surface area contributed by atoms with Gasteiger partial charge < -0.3 is 20.3 Å². The molecule has 0 unspecified atom stereocenters. The molecule has 2 saturated carbocycles. The molecule has 1 aromatic rings. The number of rotatable bonds is 6. The maximum atomic E-state index is 13.0. The molecule has 190 valence electrons. The van der Waals surface area contributed by atoms with E-state index in [2.05, 4.69) is 10.6 Å². The van der Waals surface area contributed by atoms with E-state index in [-0.39, 0.29) is 41.6 Å². The second-order valence-electron chi connectivity index (χ2n) is 11.6. The monoisotopic (exact) mass is 484 g/mol. The van der Waals surface area contributed by atoms with Gasteiger partial charge in [-0.2, -0.15) is 5.06 Å². The van der Waals surface area contributed by atoms with Gasteiger partial charge in [0.1, 0.15) is 18.2 Å². The highest BCUT2D eigenvalue weighted by Crippen LogP contribution is 2.56. The highest BCUT2D eigenvalue weighted by molar-refractivity contribution is 5.88. The van der Waals surface area contributed by atoms with Gasteiger partial charge in [-0.25, -0.2) is 9.59 Å². The van der Waals surface area contributed by atoms with Gasteiger partial charge in [-0.15, -0.1) is 0 Å². The van der Waals surface area contributed by atoms with Crippen molar-refractivity contribution in [3.05, 3.63) is 35.9 Å². The predicted octanol–water partition coefficient (Wildman–Crippen LogP) is 3.34. The molecular formula is C26H36N4O5. The number of hydrogen-bond donors (Lipinski definition) is 2. The minimum absolute atomic E-state index is 0.00776. The SMILES string of the molecule is CC(C)(C)OC(=O)NC1CC2(C1)CC(NC(=O)[C@@H]1CC[C@@H]3CN1C(=O)N3OCc1ccccc1)C2. The number of piperidine rings is 1. The van der Waals surface area contributed by atoms with Crippen LogP contribution in [0.4, 0.5) is 9.59 Å². The van der Waals surface area contributed by atoms with Crippen molar-refractivity contribution in [2.45, 2.75) is 95.7 Å². The Kier molecular flexibility index (Phi) is 6.15. The van der Waals surface area contributed by atoms with Crippen LogP contribution in [0.15, 0.2) is 30.3 Å². The first-order valence-corrected chi connectivity index (χ1v) is 12.7. The van der Waals surface area contributed by atoms with E-state index < -0.39 is 11.6 Å². The number of amides is 4. The summed E-state index contributed by atoms with van der Waals surface area (Å²) in [6, 6.07) is 9.36. The van der Waals surface area contributed by atoms with E-state index in [9.17, 15) is 14.4 Å². The molecule has 1 spiro atoms. The fourth-order valence-electron chi connectivity index (χ4n) is 6.07. The largest absolute Gasteiger partial charge is 0.444 e. The molecule has 2 N–H and O–H groups in total. The lowest BCUT2D eigenvalue weighted by atomic mass is 9.52. The molecule has 2 saturated heterocycles. The third-order valence-electron chi connectivity index (χ3n) is 7.62. The third kappa shape index (κ3) is 5.10. The van der Waals surface area contributed by atoms with Crippen LogP contribution in [0, 0.1) is 5.41 Å². The first kappa shape index (κ1) is 23.9. The van der Waals surface area contributed by atoms with Crippen molar-refractivity contribution in [2.75, 3.05) is 6.54 Å². The lowest BCUT2D eigenvalue weighted by Crippen LogP contribution is -2.63. The topological polar surface area (TPSA) is 100 Å². The zero-order chi connectivity index (χ0) is 24.8. The van der Waals surface area contributed by atoms with Gasteiger partial charge in [0, 0.05) is 18.6 Å². The summed E-state index contributed by atoms with van der Waals surface area (Å²) < 4.78 is 5.33. The predicted molar refractivity (Wildman–Crippen MR) is 128 cm³/mol. The van der Waals surface area contributed by atoms with Gasteiger partial charge in [0.15, 0.2) is 0 Å². The second-order valence-corrected chi connectivity index (χ2v) is 11.6. The van der Waals surface area contributed by atoms with E-state index in [0.717, 1.165) is 37.7 Å². The van der Waals surface area contributed by atoms with E-state index in [1.54, 1.807) is 4.90 Å². The van der Waals surface area contributed by atoms with Crippen molar-refractivity contribution in [3.63, 3.8) is 0 Å². The third-order valence-corrected chi connectivity index (χ3v) is 7.62. The van der Waals surface area contributed by atoms with E-state index in [1.807, 2.05) is 51.1 Å². The average Bonchev–Trinajstić information content (AvgIpc) is 2.98. The number of urea groups is 1. The molecule has 2 atom stereocenters. The lowest BCUT2D eigenvalue weighted by molar-refractivity contribution is -0.140. The summed E-state index contributed by atoms with van der Waals surface area (Å²) in [5, 5.41) is 7.57. The molecule has 2 aliphatic heterocycles. The van der Waals surface area contributed by atoms with Crippen LogP contribution in [0.3, 0.4) is 0 Å². The molecule has 0 radical (unpaired) electrons. The van der Waals surface area contributed by atoms with Crippen LogP contribution < -0.4 is 10.6 Å². The molecule has 4 amide bonds. The quantitative estimate of drug-likeness (QED) is 0.645. The van der Waals surface area contributed by atoms with E-state index in [4.69, 9.17) is 9.57 Å². The Balaban J connectivity index is 1.05. The lowest BCUT2D eigenvalue weighted by Gasteiger charge is -2.57. The number of hydrogen-bond acceptors (Lipinski definition) is 5. The van der Waals surface area contributed by atoms with Gasteiger partial charge in [0.05, 0.1) is 6.04 Å². The van der Waals surface area contributed by atoms with E-state index >= 15 is 0 Å². The van der Waals surface area contributed by atoms with E-state index in [1.165, 1.54) is 5.06 Å². The van der Waals surface area contributed by atoms with Crippen molar-refractivity contribution in [1.29, 1.82) is 0 Å². The molecule has 9 heteroatoms. The molecule has 4 fully saturated rings. The van der Waals surface area contributed by atoms with Crippen LogP contribution in [-0.4, -0.2) is 64.3 Å². The zero-order valence-corrected chi connectivity index (χ0v) is 20.8. The van der Waals surface area contributed by atoms with Crippen molar-refractivity contribution in [1.82, 2.24) is 20.6 Å². The Morgan fingerprint density at radius 2 is 1.69 bits per heavy atom. The summed E-state index contributed by atoms with van der Waals surface area (Å²) in [4.78, 5) is 45.5. The summed E-state index contributed by atoms with van der Waals surface area (Å²) in [7, 11) is 0. The summed E-state index contributed by atoms with van der Waals surface area (Å²) in [6.07, 6.45) is 4.70. The first-order chi connectivity index (χ1) is 16.6. The molecule has 0 aromatic heterocycles. The molecule has 2 aliphatic carbocycles. The fraction of sp³-hybridized carbons (Fsp3) is 0.654. The van der Waals surface area contributed by atoms with Gasteiger partial charge in [-0.1, -0.05) is 30.3 Å². The smallest absolute Gasteiger partial charge is 0.407 e. The molecule has 4 aliphatic rings. The highest BCUT2D eigenvalue weighted by Gasteiger charge is 2.55. The Labute approximate surface area is 206 Å². The van der Waals surface area contributed by atoms with Gasteiger partial charge >= 0.3 is 12.1 Å². The molecule has 2 heterocycles. The average molecular weight is 485 g/mol. The van der Waals surface area contributed by atoms with Gasteiger partial charge in [0.2, 0.25) is 5.91 Å². The zero-order valence-electron chi connectivity index (χ0n) is 20.8. The van der Waals surface area contributed by atoms with Crippen LogP contribution >= 0.6 is 0 Å². The van der Waals surface area contributed by atoms with Crippen LogP contribution in [0.25, 0.3) is 0 Å². The van der Waals surface area contributed by atoms with Crippen molar-refractivity contribution >= 4 is 18.0 Å². The van der Waals surface area contributed by atoms with Crippen LogP contribution in [0.2, 0.25) is 0 Å². The summed E-state index contributed by atoms with van der Waals surface area (Å²) >= 11 is 0. The summed E-state index contributed by atoms with van der Waals surface area (Å²) in [5.74, 6) is -0.0655. The number of alkyl carbamates (subject to hydrolysis) is 1. The van der Waals surface area contributed by atoms with Crippen molar-refractivity contribution in [2.24, 2.45) is 5.41 Å². The Morgan fingerprint density at radius 1 is 1.03 bits per heavy atom.